The monoisotopic (exact) mass is 256 g/mol. The summed E-state index contributed by atoms with van der Waals surface area (Å²) in [4.78, 5) is 0.269. The first-order valence-electron chi connectivity index (χ1n) is 5.68. The molecule has 0 saturated heterocycles. The lowest BCUT2D eigenvalue weighted by Crippen LogP contribution is -2.36. The van der Waals surface area contributed by atoms with Crippen LogP contribution in [-0.2, 0) is 10.0 Å². The summed E-state index contributed by atoms with van der Waals surface area (Å²) in [6.07, 6.45) is 0. The molecule has 0 saturated carbocycles. The molecule has 96 valence electrons. The number of nitrogen functional groups attached to an aromatic ring is 1. The Bertz CT molecular complexity index is 475. The molecule has 0 aliphatic rings. The largest absolute Gasteiger partial charge is 0.399 e. The summed E-state index contributed by atoms with van der Waals surface area (Å²) in [5.41, 5.74) is 7.02. The number of benzene rings is 1. The van der Waals surface area contributed by atoms with E-state index in [0.717, 1.165) is 5.56 Å². The van der Waals surface area contributed by atoms with Crippen LogP contribution in [0.25, 0.3) is 0 Å². The molecule has 0 spiro atoms. The molecule has 0 heterocycles. The SMILES string of the molecule is CCN(C(C)C)S(=O)(=O)c1cc(C)cc(N)c1. The van der Waals surface area contributed by atoms with Crippen LogP contribution in [0, 0.1) is 6.92 Å². The summed E-state index contributed by atoms with van der Waals surface area (Å²) in [5.74, 6) is 0. The molecule has 1 rings (SSSR count). The summed E-state index contributed by atoms with van der Waals surface area (Å²) in [6, 6.07) is 4.85. The van der Waals surface area contributed by atoms with Crippen molar-refractivity contribution in [2.75, 3.05) is 12.3 Å². The molecule has 0 bridgehead atoms. The number of hydrogen-bond acceptors (Lipinski definition) is 3. The Kier molecular flexibility index (Phi) is 4.16. The fraction of sp³-hybridized carbons (Fsp3) is 0.500. The smallest absolute Gasteiger partial charge is 0.243 e. The summed E-state index contributed by atoms with van der Waals surface area (Å²) in [5, 5.41) is 0. The van der Waals surface area contributed by atoms with E-state index >= 15 is 0 Å². The van der Waals surface area contributed by atoms with Crippen molar-refractivity contribution in [1.29, 1.82) is 0 Å². The second-order valence-electron chi connectivity index (χ2n) is 4.38. The minimum absolute atomic E-state index is 0.0632. The molecule has 0 fully saturated rings. The van der Waals surface area contributed by atoms with Gasteiger partial charge in [-0.1, -0.05) is 6.92 Å². The van der Waals surface area contributed by atoms with Gasteiger partial charge in [-0.05, 0) is 44.5 Å². The molecule has 0 amide bonds. The third kappa shape index (κ3) is 2.98. The van der Waals surface area contributed by atoms with Gasteiger partial charge in [-0.3, -0.25) is 0 Å². The van der Waals surface area contributed by atoms with Crippen LogP contribution in [0.3, 0.4) is 0 Å². The zero-order valence-electron chi connectivity index (χ0n) is 10.8. The standard InChI is InChI=1S/C12H20N2O2S/c1-5-14(9(2)3)17(15,16)12-7-10(4)6-11(13)8-12/h6-9H,5,13H2,1-4H3. The van der Waals surface area contributed by atoms with Crippen LogP contribution in [-0.4, -0.2) is 25.3 Å². The number of sulfonamides is 1. The van der Waals surface area contributed by atoms with Crippen LogP contribution in [0.4, 0.5) is 5.69 Å². The van der Waals surface area contributed by atoms with E-state index in [2.05, 4.69) is 0 Å². The van der Waals surface area contributed by atoms with Gasteiger partial charge in [0, 0.05) is 18.3 Å². The first-order valence-corrected chi connectivity index (χ1v) is 7.12. The van der Waals surface area contributed by atoms with Crippen LogP contribution in [0.5, 0.6) is 0 Å². The summed E-state index contributed by atoms with van der Waals surface area (Å²) in [7, 11) is -3.44. The molecule has 0 radical (unpaired) electrons. The number of nitrogens with zero attached hydrogens (tertiary/aromatic N) is 1. The van der Waals surface area contributed by atoms with Gasteiger partial charge >= 0.3 is 0 Å². The molecule has 0 aliphatic carbocycles. The van der Waals surface area contributed by atoms with Gasteiger partial charge in [-0.2, -0.15) is 4.31 Å². The Morgan fingerprint density at radius 3 is 2.29 bits per heavy atom. The lowest BCUT2D eigenvalue weighted by atomic mass is 10.2. The highest BCUT2D eigenvalue weighted by molar-refractivity contribution is 7.89. The highest BCUT2D eigenvalue weighted by Crippen LogP contribution is 2.21. The Balaban J connectivity index is 3.30. The molecule has 1 aromatic rings. The van der Waals surface area contributed by atoms with Crippen LogP contribution in [0.2, 0.25) is 0 Å². The van der Waals surface area contributed by atoms with Gasteiger partial charge < -0.3 is 5.73 Å². The molecule has 2 N–H and O–H groups in total. The fourth-order valence-corrected chi connectivity index (χ4v) is 3.66. The first-order chi connectivity index (χ1) is 7.78. The third-order valence-corrected chi connectivity index (χ3v) is 4.70. The van der Waals surface area contributed by atoms with Crippen molar-refractivity contribution in [1.82, 2.24) is 4.31 Å². The molecule has 17 heavy (non-hydrogen) atoms. The minimum atomic E-state index is -3.44. The number of aryl methyl sites for hydroxylation is 1. The quantitative estimate of drug-likeness (QED) is 0.838. The normalized spacial score (nSPS) is 12.4. The lowest BCUT2D eigenvalue weighted by Gasteiger charge is -2.24. The molecule has 5 heteroatoms. The molecule has 0 aliphatic heterocycles. The Hall–Kier alpha value is -1.07. The van der Waals surface area contributed by atoms with E-state index in [9.17, 15) is 8.42 Å². The Morgan fingerprint density at radius 1 is 1.29 bits per heavy atom. The molecule has 0 aromatic heterocycles. The van der Waals surface area contributed by atoms with E-state index < -0.39 is 10.0 Å². The van der Waals surface area contributed by atoms with E-state index in [4.69, 9.17) is 5.73 Å². The van der Waals surface area contributed by atoms with Crippen LogP contribution < -0.4 is 5.73 Å². The lowest BCUT2D eigenvalue weighted by molar-refractivity contribution is 0.369. The van der Waals surface area contributed by atoms with Crippen molar-refractivity contribution in [3.63, 3.8) is 0 Å². The number of nitrogens with two attached hydrogens (primary N) is 1. The van der Waals surface area contributed by atoms with Crippen LogP contribution in [0.15, 0.2) is 23.1 Å². The predicted molar refractivity (Wildman–Crippen MR) is 70.3 cm³/mol. The molecule has 0 unspecified atom stereocenters. The van der Waals surface area contributed by atoms with Gasteiger partial charge in [-0.25, -0.2) is 8.42 Å². The topological polar surface area (TPSA) is 63.4 Å². The van der Waals surface area contributed by atoms with E-state index in [0.29, 0.717) is 12.2 Å². The number of rotatable bonds is 4. The first kappa shape index (κ1) is 14.0. The van der Waals surface area contributed by atoms with Crippen LogP contribution >= 0.6 is 0 Å². The zero-order chi connectivity index (χ0) is 13.2. The van der Waals surface area contributed by atoms with Crippen molar-refractivity contribution in [3.8, 4) is 0 Å². The Morgan fingerprint density at radius 2 is 1.88 bits per heavy atom. The predicted octanol–water partition coefficient (Wildman–Crippen LogP) is 2.00. The number of anilines is 1. The summed E-state index contributed by atoms with van der Waals surface area (Å²) < 4.78 is 26.2. The van der Waals surface area contributed by atoms with Gasteiger partial charge in [0.2, 0.25) is 10.0 Å². The highest BCUT2D eigenvalue weighted by atomic mass is 32.2. The minimum Gasteiger partial charge on any atom is -0.399 e. The van der Waals surface area contributed by atoms with Crippen molar-refractivity contribution in [2.45, 2.75) is 38.6 Å². The van der Waals surface area contributed by atoms with Crippen molar-refractivity contribution in [3.05, 3.63) is 23.8 Å². The number of hydrogen-bond donors (Lipinski definition) is 1. The maximum absolute atomic E-state index is 12.4. The maximum Gasteiger partial charge on any atom is 0.243 e. The maximum atomic E-state index is 12.4. The third-order valence-electron chi connectivity index (χ3n) is 2.57. The van der Waals surface area contributed by atoms with E-state index in [1.807, 2.05) is 27.7 Å². The molecule has 4 nitrogen and oxygen atoms in total. The average molecular weight is 256 g/mol. The molecular weight excluding hydrogens is 236 g/mol. The molecule has 1 aromatic carbocycles. The van der Waals surface area contributed by atoms with Gasteiger partial charge in [0.1, 0.15) is 0 Å². The van der Waals surface area contributed by atoms with Gasteiger partial charge in [-0.15, -0.1) is 0 Å². The fourth-order valence-electron chi connectivity index (χ4n) is 1.87. The second kappa shape index (κ2) is 5.06. The van der Waals surface area contributed by atoms with Crippen molar-refractivity contribution >= 4 is 15.7 Å². The van der Waals surface area contributed by atoms with E-state index in [1.165, 1.54) is 10.4 Å². The Labute approximate surface area is 103 Å². The highest BCUT2D eigenvalue weighted by Gasteiger charge is 2.25. The van der Waals surface area contributed by atoms with Gasteiger partial charge in [0.05, 0.1) is 4.90 Å². The van der Waals surface area contributed by atoms with E-state index in [-0.39, 0.29) is 10.9 Å². The van der Waals surface area contributed by atoms with Crippen LogP contribution in [0.1, 0.15) is 26.3 Å². The van der Waals surface area contributed by atoms with Gasteiger partial charge in [0.25, 0.3) is 0 Å². The van der Waals surface area contributed by atoms with Crippen molar-refractivity contribution in [2.24, 2.45) is 0 Å². The van der Waals surface area contributed by atoms with E-state index in [1.54, 1.807) is 12.1 Å². The molecule has 0 atom stereocenters. The van der Waals surface area contributed by atoms with Crippen molar-refractivity contribution < 1.29 is 8.42 Å². The summed E-state index contributed by atoms with van der Waals surface area (Å²) in [6.45, 7) is 7.84. The zero-order valence-corrected chi connectivity index (χ0v) is 11.6. The average Bonchev–Trinajstić information content (AvgIpc) is 2.15. The second-order valence-corrected chi connectivity index (χ2v) is 6.27. The summed E-state index contributed by atoms with van der Waals surface area (Å²) >= 11 is 0. The molecular formula is C12H20N2O2S. The van der Waals surface area contributed by atoms with Gasteiger partial charge in [0.15, 0.2) is 0 Å².